The van der Waals surface area contributed by atoms with Gasteiger partial charge >= 0.3 is 0 Å². The van der Waals surface area contributed by atoms with Gasteiger partial charge in [0, 0.05) is 25.7 Å². The fraction of sp³-hybridized carbons (Fsp3) is 1.00. The highest BCUT2D eigenvalue weighted by atomic mass is 15.2. The van der Waals surface area contributed by atoms with Crippen molar-refractivity contribution in [3.63, 3.8) is 0 Å². The van der Waals surface area contributed by atoms with Gasteiger partial charge in [0.2, 0.25) is 0 Å². The molecule has 1 saturated carbocycles. The van der Waals surface area contributed by atoms with Gasteiger partial charge in [-0.25, -0.2) is 0 Å². The molecular weight excluding hydrogens is 256 g/mol. The normalized spacial score (nSPS) is 30.7. The first kappa shape index (κ1) is 17.3. The summed E-state index contributed by atoms with van der Waals surface area (Å²) in [6.07, 6.45) is 10.1. The number of nitrogens with zero attached hydrogens (tertiary/aromatic N) is 1. The van der Waals surface area contributed by atoms with Gasteiger partial charge in [-0.3, -0.25) is 4.90 Å². The predicted octanol–water partition coefficient (Wildman–Crippen LogP) is 4.30. The molecule has 1 aliphatic heterocycles. The first-order chi connectivity index (χ1) is 10.0. The van der Waals surface area contributed by atoms with Gasteiger partial charge in [0.25, 0.3) is 0 Å². The molecule has 1 heterocycles. The summed E-state index contributed by atoms with van der Waals surface area (Å²) in [6.45, 7) is 14.6. The zero-order valence-electron chi connectivity index (χ0n) is 15.0. The second-order valence-corrected chi connectivity index (χ2v) is 8.55. The minimum absolute atomic E-state index is 0.554. The van der Waals surface area contributed by atoms with Gasteiger partial charge in [0.1, 0.15) is 0 Å². The lowest BCUT2D eigenvalue weighted by molar-refractivity contribution is 0.0446. The monoisotopic (exact) mass is 294 g/mol. The number of rotatable bonds is 6. The molecule has 0 aromatic rings. The highest BCUT2D eigenvalue weighted by Crippen LogP contribution is 2.38. The Morgan fingerprint density at radius 1 is 1.10 bits per heavy atom. The third-order valence-electron chi connectivity index (χ3n) is 5.75. The van der Waals surface area contributed by atoms with E-state index < -0.39 is 0 Å². The Balaban J connectivity index is 1.94. The van der Waals surface area contributed by atoms with E-state index in [1.165, 1.54) is 71.1 Å². The van der Waals surface area contributed by atoms with Crippen LogP contribution >= 0.6 is 0 Å². The van der Waals surface area contributed by atoms with E-state index in [9.17, 15) is 0 Å². The molecule has 0 amide bonds. The fourth-order valence-electron chi connectivity index (χ4n) is 4.35. The van der Waals surface area contributed by atoms with Crippen LogP contribution in [0, 0.1) is 17.3 Å². The summed E-state index contributed by atoms with van der Waals surface area (Å²) < 4.78 is 0. The molecule has 2 unspecified atom stereocenters. The Hall–Kier alpha value is -0.0800. The van der Waals surface area contributed by atoms with E-state index in [1.54, 1.807) is 0 Å². The molecule has 0 aromatic heterocycles. The summed E-state index contributed by atoms with van der Waals surface area (Å²) >= 11 is 0. The summed E-state index contributed by atoms with van der Waals surface area (Å²) in [5, 5.41) is 3.78. The molecule has 1 saturated heterocycles. The van der Waals surface area contributed by atoms with Gasteiger partial charge in [0.15, 0.2) is 0 Å². The number of piperidine rings is 1. The van der Waals surface area contributed by atoms with E-state index in [0.717, 1.165) is 17.9 Å². The van der Waals surface area contributed by atoms with E-state index in [1.807, 2.05) is 0 Å². The fourth-order valence-corrected chi connectivity index (χ4v) is 4.35. The molecule has 2 fully saturated rings. The van der Waals surface area contributed by atoms with Crippen molar-refractivity contribution < 1.29 is 0 Å². The van der Waals surface area contributed by atoms with E-state index in [-0.39, 0.29) is 0 Å². The minimum atomic E-state index is 0.554. The van der Waals surface area contributed by atoms with Crippen LogP contribution in [0.1, 0.15) is 72.6 Å². The van der Waals surface area contributed by atoms with Crippen molar-refractivity contribution >= 4 is 0 Å². The average molecular weight is 295 g/mol. The Morgan fingerprint density at radius 3 is 2.48 bits per heavy atom. The molecule has 0 spiro atoms. The van der Waals surface area contributed by atoms with Gasteiger partial charge in [-0.2, -0.15) is 0 Å². The molecule has 2 atom stereocenters. The number of hydrogen-bond acceptors (Lipinski definition) is 2. The van der Waals surface area contributed by atoms with Crippen LogP contribution in [0.3, 0.4) is 0 Å². The van der Waals surface area contributed by atoms with E-state index in [4.69, 9.17) is 0 Å². The number of hydrogen-bond donors (Lipinski definition) is 1. The molecule has 2 aliphatic rings. The maximum atomic E-state index is 3.78. The van der Waals surface area contributed by atoms with Gasteiger partial charge in [-0.15, -0.1) is 0 Å². The van der Waals surface area contributed by atoms with Crippen molar-refractivity contribution in [2.75, 3.05) is 26.2 Å². The number of nitrogens with one attached hydrogen (secondary N) is 1. The van der Waals surface area contributed by atoms with Crippen LogP contribution in [0.4, 0.5) is 0 Å². The summed E-state index contributed by atoms with van der Waals surface area (Å²) in [6, 6.07) is 0.796. The molecule has 1 aliphatic carbocycles. The van der Waals surface area contributed by atoms with Crippen LogP contribution < -0.4 is 5.32 Å². The van der Waals surface area contributed by atoms with Crippen LogP contribution in [-0.4, -0.2) is 37.1 Å². The third kappa shape index (κ3) is 5.25. The Morgan fingerprint density at radius 2 is 1.81 bits per heavy atom. The number of likely N-dealkylation sites (tertiary alicyclic amines) is 1. The Kier molecular flexibility index (Phi) is 6.55. The lowest BCUT2D eigenvalue weighted by atomic mass is 9.73. The van der Waals surface area contributed by atoms with E-state index >= 15 is 0 Å². The molecule has 2 heteroatoms. The van der Waals surface area contributed by atoms with Crippen LogP contribution in [0.2, 0.25) is 0 Å². The summed E-state index contributed by atoms with van der Waals surface area (Å²) in [5.41, 5.74) is 0.554. The molecule has 21 heavy (non-hydrogen) atoms. The zero-order chi connectivity index (χ0) is 15.3. The molecule has 2 nitrogen and oxygen atoms in total. The van der Waals surface area contributed by atoms with Crippen molar-refractivity contribution in [1.82, 2.24) is 10.2 Å². The summed E-state index contributed by atoms with van der Waals surface area (Å²) in [5.74, 6) is 1.66. The lowest BCUT2D eigenvalue weighted by Gasteiger charge is -2.46. The zero-order valence-corrected chi connectivity index (χ0v) is 15.0. The van der Waals surface area contributed by atoms with Gasteiger partial charge in [0.05, 0.1) is 0 Å². The van der Waals surface area contributed by atoms with Gasteiger partial charge in [-0.05, 0) is 56.4 Å². The van der Waals surface area contributed by atoms with Crippen LogP contribution in [0.25, 0.3) is 0 Å². The van der Waals surface area contributed by atoms with Crippen LogP contribution in [0.15, 0.2) is 0 Å². The predicted molar refractivity (Wildman–Crippen MR) is 92.7 cm³/mol. The topological polar surface area (TPSA) is 15.3 Å². The average Bonchev–Trinajstić information content (AvgIpc) is 2.43. The van der Waals surface area contributed by atoms with Crippen LogP contribution in [0.5, 0.6) is 0 Å². The third-order valence-corrected chi connectivity index (χ3v) is 5.75. The van der Waals surface area contributed by atoms with Gasteiger partial charge < -0.3 is 5.32 Å². The van der Waals surface area contributed by atoms with Crippen molar-refractivity contribution in [3.05, 3.63) is 0 Å². The molecule has 2 rings (SSSR count). The second-order valence-electron chi connectivity index (χ2n) is 8.55. The first-order valence-electron chi connectivity index (χ1n) is 9.45. The van der Waals surface area contributed by atoms with Crippen molar-refractivity contribution in [1.29, 1.82) is 0 Å². The summed E-state index contributed by atoms with van der Waals surface area (Å²) in [4.78, 5) is 2.82. The molecule has 1 N–H and O–H groups in total. The van der Waals surface area contributed by atoms with Crippen molar-refractivity contribution in [2.45, 2.75) is 78.7 Å². The maximum absolute atomic E-state index is 3.78. The summed E-state index contributed by atoms with van der Waals surface area (Å²) in [7, 11) is 0. The molecule has 0 aromatic carbocycles. The van der Waals surface area contributed by atoms with Crippen molar-refractivity contribution in [3.8, 4) is 0 Å². The van der Waals surface area contributed by atoms with Crippen LogP contribution in [-0.2, 0) is 0 Å². The maximum Gasteiger partial charge on any atom is 0.00673 e. The quantitative estimate of drug-likeness (QED) is 0.785. The highest BCUT2D eigenvalue weighted by molar-refractivity contribution is 4.90. The van der Waals surface area contributed by atoms with E-state index in [0.29, 0.717) is 5.41 Å². The smallest absolute Gasteiger partial charge is 0.00673 e. The molecule has 0 bridgehead atoms. The first-order valence-corrected chi connectivity index (χ1v) is 9.45. The van der Waals surface area contributed by atoms with Gasteiger partial charge in [-0.1, -0.05) is 40.0 Å². The largest absolute Gasteiger partial charge is 0.316 e. The lowest BCUT2D eigenvalue weighted by Crippen LogP contribution is -2.51. The molecule has 124 valence electrons. The molecule has 0 radical (unpaired) electrons. The minimum Gasteiger partial charge on any atom is -0.316 e. The second kappa shape index (κ2) is 7.97. The van der Waals surface area contributed by atoms with Crippen molar-refractivity contribution in [2.24, 2.45) is 17.3 Å². The Labute approximate surface area is 133 Å². The molecular formula is C19H38N2. The standard InChI is InChI=1S/C19H38N2/c1-16(2)12-20-14-19(10-6-5-7-11-19)15-21-13-17(3)8-9-18(21)4/h16-18,20H,5-15H2,1-4H3. The SMILES string of the molecule is CC(C)CNCC1(CN2CC(C)CCC2C)CCCCC1. The highest BCUT2D eigenvalue weighted by Gasteiger charge is 2.36. The van der Waals surface area contributed by atoms with E-state index in [2.05, 4.69) is 37.9 Å². The Bertz CT molecular complexity index is 294.